The molecule has 174 valence electrons. The predicted molar refractivity (Wildman–Crippen MR) is 124 cm³/mol. The minimum Gasteiger partial charge on any atom is -0.394 e. The molecule has 1 N–H and O–H groups in total. The van der Waals surface area contributed by atoms with Crippen LogP contribution >= 0.6 is 0 Å². The summed E-state index contributed by atoms with van der Waals surface area (Å²) in [5.41, 5.74) is 1.85. The van der Waals surface area contributed by atoms with E-state index in [0.29, 0.717) is 25.3 Å². The largest absolute Gasteiger partial charge is 0.394 e. The number of nitrogens with zero attached hydrogens (tertiary/aromatic N) is 1. The van der Waals surface area contributed by atoms with Crippen LogP contribution in [-0.4, -0.2) is 72.7 Å². The number of aliphatic hydroxyl groups is 1. The Labute approximate surface area is 191 Å². The molecule has 0 spiro atoms. The van der Waals surface area contributed by atoms with E-state index in [-0.39, 0.29) is 31.1 Å². The van der Waals surface area contributed by atoms with Crippen molar-refractivity contribution in [3.8, 4) is 0 Å². The van der Waals surface area contributed by atoms with Gasteiger partial charge in [-0.3, -0.25) is 9.69 Å². The highest BCUT2D eigenvalue weighted by molar-refractivity contribution is 5.97. The number of Topliss-reactive ketones (excluding diaryl/α,β-unsaturated/α-hetero) is 1. The molecule has 3 atom stereocenters. The molecular weight excluding hydrogens is 406 g/mol. The first-order valence-corrected chi connectivity index (χ1v) is 11.3. The molecule has 1 aliphatic rings. The maximum absolute atomic E-state index is 13.1. The Morgan fingerprint density at radius 1 is 1.06 bits per heavy atom. The Morgan fingerprint density at radius 3 is 2.31 bits per heavy atom. The number of benzene rings is 2. The number of carbonyl (C=O) groups is 1. The number of hydrogen-bond acceptors (Lipinski definition) is 6. The molecule has 6 nitrogen and oxygen atoms in total. The quantitative estimate of drug-likeness (QED) is 0.510. The Morgan fingerprint density at radius 2 is 1.69 bits per heavy atom. The Kier molecular flexibility index (Phi) is 8.96. The van der Waals surface area contributed by atoms with Crippen LogP contribution in [0.1, 0.15) is 36.7 Å². The van der Waals surface area contributed by atoms with Gasteiger partial charge in [0.2, 0.25) is 0 Å². The second kappa shape index (κ2) is 11.7. The number of aliphatic hydroxyl groups excluding tert-OH is 1. The molecule has 1 aliphatic heterocycles. The van der Waals surface area contributed by atoms with E-state index >= 15 is 0 Å². The van der Waals surface area contributed by atoms with Crippen molar-refractivity contribution in [1.82, 2.24) is 4.90 Å². The molecule has 0 bridgehead atoms. The van der Waals surface area contributed by atoms with Gasteiger partial charge >= 0.3 is 0 Å². The molecule has 6 heteroatoms. The van der Waals surface area contributed by atoms with Gasteiger partial charge in [-0.15, -0.1) is 0 Å². The molecule has 32 heavy (non-hydrogen) atoms. The van der Waals surface area contributed by atoms with Gasteiger partial charge in [0, 0.05) is 24.8 Å². The number of carbonyl (C=O) groups excluding carboxylic acids is 1. The van der Waals surface area contributed by atoms with E-state index in [2.05, 4.69) is 17.0 Å². The summed E-state index contributed by atoms with van der Waals surface area (Å²) >= 11 is 0. The first kappa shape index (κ1) is 24.6. The van der Waals surface area contributed by atoms with Crippen molar-refractivity contribution in [2.45, 2.75) is 51.2 Å². The van der Waals surface area contributed by atoms with Crippen LogP contribution < -0.4 is 0 Å². The van der Waals surface area contributed by atoms with Crippen LogP contribution in [0.15, 0.2) is 60.7 Å². The van der Waals surface area contributed by atoms with Crippen LogP contribution in [0, 0.1) is 0 Å². The molecule has 0 radical (unpaired) electrons. The van der Waals surface area contributed by atoms with E-state index in [1.54, 1.807) is 0 Å². The van der Waals surface area contributed by atoms with Crippen LogP contribution in [0.5, 0.6) is 0 Å². The molecule has 3 rings (SSSR count). The maximum Gasteiger partial charge on any atom is 0.176 e. The van der Waals surface area contributed by atoms with Crippen LogP contribution in [0.2, 0.25) is 0 Å². The third-order valence-corrected chi connectivity index (χ3v) is 5.67. The fourth-order valence-corrected chi connectivity index (χ4v) is 4.13. The first-order valence-electron chi connectivity index (χ1n) is 11.3. The van der Waals surface area contributed by atoms with Crippen molar-refractivity contribution in [1.29, 1.82) is 0 Å². The third-order valence-electron chi connectivity index (χ3n) is 5.67. The fourth-order valence-electron chi connectivity index (χ4n) is 4.13. The lowest BCUT2D eigenvalue weighted by Gasteiger charge is -2.34. The number of ketones is 1. The zero-order valence-corrected chi connectivity index (χ0v) is 19.3. The van der Waals surface area contributed by atoms with Crippen molar-refractivity contribution in [2.75, 3.05) is 32.9 Å². The Bertz CT molecular complexity index is 827. The molecule has 1 saturated heterocycles. The summed E-state index contributed by atoms with van der Waals surface area (Å²) < 4.78 is 17.8. The molecule has 1 fully saturated rings. The van der Waals surface area contributed by atoms with Gasteiger partial charge in [-0.05, 0) is 32.8 Å². The summed E-state index contributed by atoms with van der Waals surface area (Å²) in [7, 11) is 0. The van der Waals surface area contributed by atoms with Gasteiger partial charge in [0.1, 0.15) is 12.2 Å². The molecule has 2 aromatic carbocycles. The van der Waals surface area contributed by atoms with Crippen molar-refractivity contribution in [3.05, 3.63) is 71.8 Å². The highest BCUT2D eigenvalue weighted by atomic mass is 16.8. The SMILES string of the molecule is CCOC[C@H](Cc1ccccc1)N(CC(=O)c1ccccc1)C[C@H]1OC(C)(C)O[C@H]1CO. The minimum atomic E-state index is -0.776. The van der Waals surface area contributed by atoms with Gasteiger partial charge < -0.3 is 19.3 Å². The highest BCUT2D eigenvalue weighted by Gasteiger charge is 2.42. The van der Waals surface area contributed by atoms with Crippen LogP contribution in [0.4, 0.5) is 0 Å². The predicted octanol–water partition coefficient (Wildman–Crippen LogP) is 3.33. The van der Waals surface area contributed by atoms with Crippen molar-refractivity contribution < 1.29 is 24.1 Å². The third kappa shape index (κ3) is 6.95. The van der Waals surface area contributed by atoms with Crippen LogP contribution in [0.25, 0.3) is 0 Å². The van der Waals surface area contributed by atoms with E-state index in [0.717, 1.165) is 6.42 Å². The molecule has 0 aromatic heterocycles. The molecule has 0 aliphatic carbocycles. The van der Waals surface area contributed by atoms with Crippen molar-refractivity contribution >= 4 is 5.78 Å². The molecule has 0 unspecified atom stereocenters. The van der Waals surface area contributed by atoms with Gasteiger partial charge in [0.15, 0.2) is 11.6 Å². The Hall–Kier alpha value is -2.09. The summed E-state index contributed by atoms with van der Waals surface area (Å²) in [6.45, 7) is 7.30. The van der Waals surface area contributed by atoms with Gasteiger partial charge in [0.05, 0.1) is 19.8 Å². The lowest BCUT2D eigenvalue weighted by atomic mass is 10.0. The lowest BCUT2D eigenvalue weighted by molar-refractivity contribution is -0.150. The van der Waals surface area contributed by atoms with Crippen molar-refractivity contribution in [3.63, 3.8) is 0 Å². The van der Waals surface area contributed by atoms with Gasteiger partial charge in [-0.2, -0.15) is 0 Å². The normalized spacial score (nSPS) is 21.0. The summed E-state index contributed by atoms with van der Waals surface area (Å²) in [4.78, 5) is 15.3. The molecule has 0 saturated carbocycles. The monoisotopic (exact) mass is 441 g/mol. The van der Waals surface area contributed by atoms with E-state index in [4.69, 9.17) is 14.2 Å². The summed E-state index contributed by atoms with van der Waals surface area (Å²) in [5, 5.41) is 9.84. The average molecular weight is 442 g/mol. The van der Waals surface area contributed by atoms with E-state index in [9.17, 15) is 9.90 Å². The zero-order chi connectivity index (χ0) is 23.0. The summed E-state index contributed by atoms with van der Waals surface area (Å²) in [6, 6.07) is 19.5. The van der Waals surface area contributed by atoms with Crippen molar-refractivity contribution in [2.24, 2.45) is 0 Å². The lowest BCUT2D eigenvalue weighted by Crippen LogP contribution is -2.49. The minimum absolute atomic E-state index is 0.0309. The second-order valence-corrected chi connectivity index (χ2v) is 8.62. The van der Waals surface area contributed by atoms with Gasteiger partial charge in [-0.25, -0.2) is 0 Å². The maximum atomic E-state index is 13.1. The van der Waals surface area contributed by atoms with Gasteiger partial charge in [0.25, 0.3) is 0 Å². The molecule has 1 heterocycles. The number of hydrogen-bond donors (Lipinski definition) is 1. The second-order valence-electron chi connectivity index (χ2n) is 8.62. The summed E-state index contributed by atoms with van der Waals surface area (Å²) in [5.74, 6) is -0.735. The average Bonchev–Trinajstić information content (AvgIpc) is 3.10. The number of rotatable bonds is 12. The molecule has 0 amide bonds. The first-order chi connectivity index (χ1) is 15.4. The van der Waals surface area contributed by atoms with Gasteiger partial charge in [-0.1, -0.05) is 60.7 Å². The van der Waals surface area contributed by atoms with E-state index < -0.39 is 11.9 Å². The standard InChI is InChI=1S/C26H35NO5/c1-4-30-19-22(15-20-11-7-5-8-12-20)27(16-23(29)21-13-9-6-10-14-21)17-24-25(18-28)32-26(2,3)31-24/h5-14,22,24-25,28H,4,15-19H2,1-3H3/t22-,24+,25-/m0/s1. The smallest absolute Gasteiger partial charge is 0.176 e. The topological polar surface area (TPSA) is 68.2 Å². The van der Waals surface area contributed by atoms with E-state index in [1.165, 1.54) is 5.56 Å². The molecular formula is C26H35NO5. The summed E-state index contributed by atoms with van der Waals surface area (Å²) in [6.07, 6.45) is -0.0498. The highest BCUT2D eigenvalue weighted by Crippen LogP contribution is 2.29. The van der Waals surface area contributed by atoms with Crippen LogP contribution in [-0.2, 0) is 20.6 Å². The van der Waals surface area contributed by atoms with E-state index in [1.807, 2.05) is 69.3 Å². The fraction of sp³-hybridized carbons (Fsp3) is 0.500. The van der Waals surface area contributed by atoms with Crippen LogP contribution in [0.3, 0.4) is 0 Å². The zero-order valence-electron chi connectivity index (χ0n) is 19.3. The Balaban J connectivity index is 1.84. The number of ether oxygens (including phenoxy) is 3. The molecule has 2 aromatic rings.